The smallest absolute Gasteiger partial charge is 0.305 e. The Morgan fingerprint density at radius 1 is 1.54 bits per heavy atom. The number of hydrogen-bond donors (Lipinski definition) is 0. The average Bonchev–Trinajstić information content (AvgIpc) is 2.51. The molecule has 0 aromatic heterocycles. The van der Waals surface area contributed by atoms with Crippen molar-refractivity contribution < 1.29 is 9.53 Å². The van der Waals surface area contributed by atoms with E-state index in [2.05, 4.69) is 9.80 Å². The molecule has 4 nitrogen and oxygen atoms in total. The molecular weight excluding hydrogens is 168 g/mol. The van der Waals surface area contributed by atoms with Crippen molar-refractivity contribution in [3.8, 4) is 0 Å². The molecule has 4 heteroatoms. The van der Waals surface area contributed by atoms with Crippen LogP contribution in [-0.2, 0) is 9.53 Å². The van der Waals surface area contributed by atoms with E-state index in [1.165, 1.54) is 0 Å². The fourth-order valence-corrected chi connectivity index (χ4v) is 1.11. The zero-order chi connectivity index (χ0) is 9.68. The molecule has 0 fully saturated rings. The van der Waals surface area contributed by atoms with Gasteiger partial charge in [0.05, 0.1) is 13.2 Å². The van der Waals surface area contributed by atoms with Gasteiger partial charge in [0.2, 0.25) is 0 Å². The summed E-state index contributed by atoms with van der Waals surface area (Å²) in [7, 11) is 2.01. The Bertz CT molecular complexity index is 204. The van der Waals surface area contributed by atoms with Crippen molar-refractivity contribution in [1.29, 1.82) is 0 Å². The zero-order valence-electron chi connectivity index (χ0n) is 8.19. The number of esters is 1. The molecule has 1 aliphatic heterocycles. The molecule has 13 heavy (non-hydrogen) atoms. The SMILES string of the molecule is CCC(=O)OCCN1C=CN(C)C1. The molecule has 0 N–H and O–H groups in total. The van der Waals surface area contributed by atoms with E-state index >= 15 is 0 Å². The van der Waals surface area contributed by atoms with E-state index in [0.717, 1.165) is 13.2 Å². The van der Waals surface area contributed by atoms with Crippen LogP contribution >= 0.6 is 0 Å². The van der Waals surface area contributed by atoms with E-state index in [-0.39, 0.29) is 5.97 Å². The lowest BCUT2D eigenvalue weighted by Crippen LogP contribution is -2.26. The first kappa shape index (κ1) is 9.89. The van der Waals surface area contributed by atoms with Crippen LogP contribution in [0.4, 0.5) is 0 Å². The van der Waals surface area contributed by atoms with Crippen molar-refractivity contribution in [2.45, 2.75) is 13.3 Å². The van der Waals surface area contributed by atoms with Gasteiger partial charge in [-0.15, -0.1) is 0 Å². The van der Waals surface area contributed by atoms with Crippen LogP contribution in [0.1, 0.15) is 13.3 Å². The fraction of sp³-hybridized carbons (Fsp3) is 0.667. The van der Waals surface area contributed by atoms with Crippen molar-refractivity contribution in [2.24, 2.45) is 0 Å². The number of nitrogens with zero attached hydrogens (tertiary/aromatic N) is 2. The zero-order valence-corrected chi connectivity index (χ0v) is 8.19. The lowest BCUT2D eigenvalue weighted by atomic mass is 10.5. The maximum Gasteiger partial charge on any atom is 0.305 e. The molecule has 0 aliphatic carbocycles. The van der Waals surface area contributed by atoms with Crippen molar-refractivity contribution in [2.75, 3.05) is 26.9 Å². The van der Waals surface area contributed by atoms with Crippen LogP contribution in [0.5, 0.6) is 0 Å². The standard InChI is InChI=1S/C9H16N2O2/c1-3-9(12)13-7-6-11-5-4-10(2)8-11/h4-5H,3,6-8H2,1-2H3. The van der Waals surface area contributed by atoms with Crippen LogP contribution in [-0.4, -0.2) is 42.6 Å². The van der Waals surface area contributed by atoms with E-state index in [0.29, 0.717) is 13.0 Å². The Balaban J connectivity index is 2.07. The highest BCUT2D eigenvalue weighted by atomic mass is 16.5. The third-order valence-electron chi connectivity index (χ3n) is 1.87. The van der Waals surface area contributed by atoms with Crippen molar-refractivity contribution in [1.82, 2.24) is 9.80 Å². The third kappa shape index (κ3) is 3.36. The Hall–Kier alpha value is -1.19. The lowest BCUT2D eigenvalue weighted by molar-refractivity contribution is -0.143. The molecule has 0 unspecified atom stereocenters. The molecule has 0 atom stereocenters. The molecule has 1 aliphatic rings. The molecule has 74 valence electrons. The second-order valence-corrected chi connectivity index (χ2v) is 3.08. The lowest BCUT2D eigenvalue weighted by Gasteiger charge is -2.17. The average molecular weight is 184 g/mol. The minimum Gasteiger partial charge on any atom is -0.464 e. The number of carbonyl (C=O) groups is 1. The molecule has 0 amide bonds. The summed E-state index contributed by atoms with van der Waals surface area (Å²) in [6.45, 7) is 3.92. The first-order valence-electron chi connectivity index (χ1n) is 4.50. The van der Waals surface area contributed by atoms with Crippen molar-refractivity contribution >= 4 is 5.97 Å². The summed E-state index contributed by atoms with van der Waals surface area (Å²) in [5.41, 5.74) is 0. The third-order valence-corrected chi connectivity index (χ3v) is 1.87. The molecular formula is C9H16N2O2. The quantitative estimate of drug-likeness (QED) is 0.599. The van der Waals surface area contributed by atoms with E-state index in [4.69, 9.17) is 4.74 Å². The Labute approximate surface area is 78.8 Å². The van der Waals surface area contributed by atoms with E-state index in [1.54, 1.807) is 6.92 Å². The van der Waals surface area contributed by atoms with Crippen LogP contribution in [0, 0.1) is 0 Å². The number of carbonyl (C=O) groups excluding carboxylic acids is 1. The van der Waals surface area contributed by atoms with Gasteiger partial charge in [0.1, 0.15) is 6.61 Å². The summed E-state index contributed by atoms with van der Waals surface area (Å²) in [4.78, 5) is 15.0. The second-order valence-electron chi connectivity index (χ2n) is 3.08. The minimum atomic E-state index is -0.128. The van der Waals surface area contributed by atoms with Gasteiger partial charge in [-0.05, 0) is 0 Å². The van der Waals surface area contributed by atoms with Gasteiger partial charge in [0.15, 0.2) is 0 Å². The first-order chi connectivity index (χ1) is 6.22. The summed E-state index contributed by atoms with van der Waals surface area (Å²) in [6.07, 6.45) is 4.46. The Morgan fingerprint density at radius 3 is 2.85 bits per heavy atom. The number of hydrogen-bond acceptors (Lipinski definition) is 4. The van der Waals surface area contributed by atoms with E-state index in [1.807, 2.05) is 19.4 Å². The molecule has 0 aromatic rings. The molecule has 1 rings (SSSR count). The molecule has 0 radical (unpaired) electrons. The van der Waals surface area contributed by atoms with Crippen LogP contribution in [0.15, 0.2) is 12.4 Å². The maximum atomic E-state index is 10.8. The van der Waals surface area contributed by atoms with Gasteiger partial charge in [-0.2, -0.15) is 0 Å². The predicted octanol–water partition coefficient (Wildman–Crippen LogP) is 0.616. The van der Waals surface area contributed by atoms with E-state index < -0.39 is 0 Å². The fourth-order valence-electron chi connectivity index (χ4n) is 1.11. The monoisotopic (exact) mass is 184 g/mol. The normalized spacial score (nSPS) is 15.2. The summed E-state index contributed by atoms with van der Waals surface area (Å²) in [6, 6.07) is 0. The van der Waals surface area contributed by atoms with Crippen LogP contribution in [0.3, 0.4) is 0 Å². The van der Waals surface area contributed by atoms with E-state index in [9.17, 15) is 4.79 Å². The number of rotatable bonds is 4. The summed E-state index contributed by atoms with van der Waals surface area (Å²) < 4.78 is 4.96. The summed E-state index contributed by atoms with van der Waals surface area (Å²) in [5, 5.41) is 0. The highest BCUT2D eigenvalue weighted by Crippen LogP contribution is 2.02. The van der Waals surface area contributed by atoms with Crippen LogP contribution in [0.25, 0.3) is 0 Å². The number of ether oxygens (including phenoxy) is 1. The van der Waals surface area contributed by atoms with Gasteiger partial charge >= 0.3 is 5.97 Å². The molecule has 0 bridgehead atoms. The maximum absolute atomic E-state index is 10.8. The van der Waals surface area contributed by atoms with Gasteiger partial charge in [0, 0.05) is 25.9 Å². The molecule has 1 heterocycles. The highest BCUT2D eigenvalue weighted by Gasteiger charge is 2.08. The molecule has 0 aromatic carbocycles. The first-order valence-corrected chi connectivity index (χ1v) is 4.50. The Kier molecular flexibility index (Phi) is 3.61. The topological polar surface area (TPSA) is 32.8 Å². The predicted molar refractivity (Wildman–Crippen MR) is 49.7 cm³/mol. The van der Waals surface area contributed by atoms with Crippen molar-refractivity contribution in [3.05, 3.63) is 12.4 Å². The van der Waals surface area contributed by atoms with Crippen molar-refractivity contribution in [3.63, 3.8) is 0 Å². The van der Waals surface area contributed by atoms with Gasteiger partial charge in [-0.1, -0.05) is 6.92 Å². The molecule has 0 saturated heterocycles. The van der Waals surface area contributed by atoms with Crippen LogP contribution in [0.2, 0.25) is 0 Å². The molecule has 0 saturated carbocycles. The van der Waals surface area contributed by atoms with Gasteiger partial charge in [-0.25, -0.2) is 0 Å². The largest absolute Gasteiger partial charge is 0.464 e. The highest BCUT2D eigenvalue weighted by molar-refractivity contribution is 5.68. The van der Waals surface area contributed by atoms with Gasteiger partial charge in [0.25, 0.3) is 0 Å². The minimum absolute atomic E-state index is 0.128. The second kappa shape index (κ2) is 4.74. The van der Waals surface area contributed by atoms with Gasteiger partial charge in [-0.3, -0.25) is 4.79 Å². The summed E-state index contributed by atoms with van der Waals surface area (Å²) >= 11 is 0. The molecule has 0 spiro atoms. The Morgan fingerprint density at radius 2 is 2.31 bits per heavy atom. The summed E-state index contributed by atoms with van der Waals surface area (Å²) in [5.74, 6) is -0.128. The van der Waals surface area contributed by atoms with Crippen LogP contribution < -0.4 is 0 Å². The van der Waals surface area contributed by atoms with Gasteiger partial charge < -0.3 is 14.5 Å².